The van der Waals surface area contributed by atoms with Crippen molar-refractivity contribution in [2.75, 3.05) is 18.4 Å². The minimum absolute atomic E-state index is 0.0837. The summed E-state index contributed by atoms with van der Waals surface area (Å²) in [6, 6.07) is 4.36. The van der Waals surface area contributed by atoms with Crippen LogP contribution in [0, 0.1) is 5.82 Å². The fourth-order valence-corrected chi connectivity index (χ4v) is 2.14. The first-order chi connectivity index (χ1) is 9.23. The van der Waals surface area contributed by atoms with Gasteiger partial charge in [-0.2, -0.15) is 0 Å². The summed E-state index contributed by atoms with van der Waals surface area (Å²) >= 11 is 5.78. The van der Waals surface area contributed by atoms with Crippen molar-refractivity contribution in [1.82, 2.24) is 4.90 Å². The molecule has 1 aromatic carbocycles. The van der Waals surface area contributed by atoms with Crippen LogP contribution in [0.2, 0.25) is 5.02 Å². The van der Waals surface area contributed by atoms with E-state index in [1.165, 1.54) is 12.1 Å². The summed E-state index contributed by atoms with van der Waals surface area (Å²) in [5.74, 6) is -0.386. The Morgan fingerprint density at radius 1 is 1.40 bits per heavy atom. The van der Waals surface area contributed by atoms with E-state index in [1.807, 2.05) is 20.8 Å². The van der Waals surface area contributed by atoms with Crippen molar-refractivity contribution in [1.29, 1.82) is 0 Å². The molecule has 0 spiro atoms. The molecular weight excluding hydrogens is 283 g/mol. The molecule has 0 unspecified atom stereocenters. The van der Waals surface area contributed by atoms with Gasteiger partial charge >= 0.3 is 6.09 Å². The van der Waals surface area contributed by atoms with Crippen LogP contribution in [0.5, 0.6) is 0 Å². The normalized spacial score (nSPS) is 15.8. The smallest absolute Gasteiger partial charge is 0.410 e. The van der Waals surface area contributed by atoms with Gasteiger partial charge in [0.15, 0.2) is 0 Å². The lowest BCUT2D eigenvalue weighted by molar-refractivity contribution is 0.0105. The molecule has 1 aliphatic rings. The summed E-state index contributed by atoms with van der Waals surface area (Å²) in [6.45, 7) is 6.55. The van der Waals surface area contributed by atoms with E-state index in [9.17, 15) is 9.18 Å². The van der Waals surface area contributed by atoms with Gasteiger partial charge in [-0.25, -0.2) is 9.18 Å². The monoisotopic (exact) mass is 300 g/mol. The summed E-state index contributed by atoms with van der Waals surface area (Å²) in [5.41, 5.74) is 0.120. The van der Waals surface area contributed by atoms with Crippen molar-refractivity contribution in [3.63, 3.8) is 0 Å². The van der Waals surface area contributed by atoms with Crippen LogP contribution >= 0.6 is 11.6 Å². The van der Waals surface area contributed by atoms with E-state index in [4.69, 9.17) is 16.3 Å². The standard InChI is InChI=1S/C14H18ClFN2O2/c1-14(2,3)20-13(19)18-7-12(8-18)17-11-5-9(15)4-10(16)6-11/h4-6,12,17H,7-8H2,1-3H3. The van der Waals surface area contributed by atoms with Crippen molar-refractivity contribution in [3.8, 4) is 0 Å². The van der Waals surface area contributed by atoms with E-state index in [0.29, 0.717) is 23.8 Å². The van der Waals surface area contributed by atoms with E-state index in [-0.39, 0.29) is 18.0 Å². The number of likely N-dealkylation sites (tertiary alicyclic amines) is 1. The van der Waals surface area contributed by atoms with Crippen molar-refractivity contribution < 1.29 is 13.9 Å². The zero-order valence-electron chi connectivity index (χ0n) is 11.7. The van der Waals surface area contributed by atoms with Gasteiger partial charge in [-0.05, 0) is 39.0 Å². The molecule has 1 amide bonds. The molecule has 1 N–H and O–H groups in total. The molecule has 0 radical (unpaired) electrons. The van der Waals surface area contributed by atoms with Gasteiger partial charge in [-0.1, -0.05) is 11.6 Å². The number of amides is 1. The van der Waals surface area contributed by atoms with Gasteiger partial charge < -0.3 is 15.0 Å². The zero-order chi connectivity index (χ0) is 14.9. The number of ether oxygens (including phenoxy) is 1. The number of nitrogens with zero attached hydrogens (tertiary/aromatic N) is 1. The maximum absolute atomic E-state index is 13.2. The van der Waals surface area contributed by atoms with Gasteiger partial charge in [0.1, 0.15) is 11.4 Å². The molecule has 1 fully saturated rings. The quantitative estimate of drug-likeness (QED) is 0.909. The highest BCUT2D eigenvalue weighted by molar-refractivity contribution is 6.30. The van der Waals surface area contributed by atoms with Gasteiger partial charge in [0.2, 0.25) is 0 Å². The molecule has 0 saturated carbocycles. The van der Waals surface area contributed by atoms with Crippen LogP contribution in [0.4, 0.5) is 14.9 Å². The second-order valence-electron chi connectivity index (χ2n) is 5.88. The lowest BCUT2D eigenvalue weighted by Gasteiger charge is -2.40. The van der Waals surface area contributed by atoms with Crippen molar-refractivity contribution >= 4 is 23.4 Å². The second kappa shape index (κ2) is 5.48. The van der Waals surface area contributed by atoms with E-state index in [1.54, 1.807) is 11.0 Å². The molecule has 1 heterocycles. The third-order valence-corrected chi connectivity index (χ3v) is 2.98. The fourth-order valence-electron chi connectivity index (χ4n) is 1.92. The summed E-state index contributed by atoms with van der Waals surface area (Å²) in [5, 5.41) is 3.48. The van der Waals surface area contributed by atoms with Crippen molar-refractivity contribution in [2.45, 2.75) is 32.4 Å². The molecule has 4 nitrogen and oxygen atoms in total. The highest BCUT2D eigenvalue weighted by atomic mass is 35.5. The molecule has 0 atom stereocenters. The summed E-state index contributed by atoms with van der Waals surface area (Å²) in [7, 11) is 0. The van der Waals surface area contributed by atoms with Crippen LogP contribution in [0.15, 0.2) is 18.2 Å². The molecule has 1 aliphatic heterocycles. The third kappa shape index (κ3) is 4.00. The second-order valence-corrected chi connectivity index (χ2v) is 6.32. The number of benzene rings is 1. The van der Waals surface area contributed by atoms with Crippen LogP contribution in [0.1, 0.15) is 20.8 Å². The third-order valence-electron chi connectivity index (χ3n) is 2.77. The molecule has 1 aromatic rings. The maximum Gasteiger partial charge on any atom is 0.410 e. The lowest BCUT2D eigenvalue weighted by Crippen LogP contribution is -2.57. The first-order valence-electron chi connectivity index (χ1n) is 6.43. The number of rotatable bonds is 2. The molecule has 2 rings (SSSR count). The molecule has 20 heavy (non-hydrogen) atoms. The van der Waals surface area contributed by atoms with Crippen LogP contribution in [0.25, 0.3) is 0 Å². The number of anilines is 1. The highest BCUT2D eigenvalue weighted by Crippen LogP contribution is 2.22. The minimum atomic E-state index is -0.494. The Hall–Kier alpha value is -1.49. The van der Waals surface area contributed by atoms with Crippen LogP contribution in [-0.2, 0) is 4.74 Å². The Bertz CT molecular complexity index is 490. The van der Waals surface area contributed by atoms with Gasteiger partial charge in [0.05, 0.1) is 6.04 Å². The van der Waals surface area contributed by atoms with E-state index in [0.717, 1.165) is 0 Å². The SMILES string of the molecule is CC(C)(C)OC(=O)N1CC(Nc2cc(F)cc(Cl)c2)C1. The molecule has 1 saturated heterocycles. The Kier molecular flexibility index (Phi) is 4.09. The molecule has 0 aliphatic carbocycles. The van der Waals surface area contributed by atoms with Crippen LogP contribution in [0.3, 0.4) is 0 Å². The average Bonchev–Trinajstić information content (AvgIpc) is 2.18. The minimum Gasteiger partial charge on any atom is -0.444 e. The number of halogens is 2. The van der Waals surface area contributed by atoms with Gasteiger partial charge in [0.25, 0.3) is 0 Å². The number of hydrogen-bond donors (Lipinski definition) is 1. The molecular formula is C14H18ClFN2O2. The Morgan fingerprint density at radius 2 is 2.05 bits per heavy atom. The predicted molar refractivity (Wildman–Crippen MR) is 76.6 cm³/mol. The Morgan fingerprint density at radius 3 is 2.60 bits per heavy atom. The first-order valence-corrected chi connectivity index (χ1v) is 6.81. The number of hydrogen-bond acceptors (Lipinski definition) is 3. The summed E-state index contributed by atoms with van der Waals surface area (Å²) in [4.78, 5) is 13.3. The van der Waals surface area contributed by atoms with Crippen LogP contribution < -0.4 is 5.32 Å². The number of nitrogens with one attached hydrogen (secondary N) is 1. The summed E-state index contributed by atoms with van der Waals surface area (Å²) in [6.07, 6.45) is -0.326. The summed E-state index contributed by atoms with van der Waals surface area (Å²) < 4.78 is 18.4. The number of carbonyl (C=O) groups is 1. The van der Waals surface area contributed by atoms with Crippen LogP contribution in [-0.4, -0.2) is 35.7 Å². The van der Waals surface area contributed by atoms with Gasteiger partial charge in [-0.15, -0.1) is 0 Å². The van der Waals surface area contributed by atoms with E-state index >= 15 is 0 Å². The lowest BCUT2D eigenvalue weighted by atomic mass is 10.1. The highest BCUT2D eigenvalue weighted by Gasteiger charge is 2.33. The topological polar surface area (TPSA) is 41.6 Å². The molecule has 0 aromatic heterocycles. The Labute approximate surface area is 122 Å². The molecule has 6 heteroatoms. The predicted octanol–water partition coefficient (Wildman–Crippen LogP) is 3.51. The van der Waals surface area contributed by atoms with Crippen molar-refractivity contribution in [3.05, 3.63) is 29.0 Å². The zero-order valence-corrected chi connectivity index (χ0v) is 12.5. The Balaban J connectivity index is 1.83. The fraction of sp³-hybridized carbons (Fsp3) is 0.500. The van der Waals surface area contributed by atoms with Gasteiger partial charge in [0, 0.05) is 23.8 Å². The number of carbonyl (C=O) groups excluding carboxylic acids is 1. The largest absolute Gasteiger partial charge is 0.444 e. The van der Waals surface area contributed by atoms with E-state index < -0.39 is 5.60 Å². The average molecular weight is 301 g/mol. The first kappa shape index (κ1) is 14.9. The maximum atomic E-state index is 13.2. The van der Waals surface area contributed by atoms with Gasteiger partial charge in [-0.3, -0.25) is 0 Å². The van der Waals surface area contributed by atoms with Crippen molar-refractivity contribution in [2.24, 2.45) is 0 Å². The molecule has 0 bridgehead atoms. The van der Waals surface area contributed by atoms with E-state index in [2.05, 4.69) is 5.32 Å². The molecule has 110 valence electrons.